The molecule has 0 saturated carbocycles. The molecule has 212 valence electrons. The standard InChI is InChI=1S/C42H33NO/c43-41(30-10-2-1-3-11-30)32-15-5-7-19-38(32)44-25-24-27-20-23-35-33(26-27)31-14-4-6-16-34(31)42(35)36-17-8-12-28-21-22-29-13-9-18-37(42)40(29)39(28)36/h1-5,7-15,17-23,26,41H,6,16,24-25,43H2. The fourth-order valence-corrected chi connectivity index (χ4v) is 8.29. The van der Waals surface area contributed by atoms with Gasteiger partial charge in [0.05, 0.1) is 18.1 Å². The molecule has 0 heterocycles. The van der Waals surface area contributed by atoms with Crippen molar-refractivity contribution in [3.63, 3.8) is 0 Å². The lowest BCUT2D eigenvalue weighted by atomic mass is 9.67. The van der Waals surface area contributed by atoms with Gasteiger partial charge in [0.25, 0.3) is 0 Å². The van der Waals surface area contributed by atoms with Gasteiger partial charge in [0, 0.05) is 12.0 Å². The maximum Gasteiger partial charge on any atom is 0.124 e. The first-order valence-electron chi connectivity index (χ1n) is 15.8. The number of benzene rings is 6. The molecule has 6 aromatic rings. The van der Waals surface area contributed by atoms with Crippen LogP contribution in [0.1, 0.15) is 57.8 Å². The Morgan fingerprint density at radius 1 is 0.705 bits per heavy atom. The molecule has 9 rings (SSSR count). The predicted molar refractivity (Wildman–Crippen MR) is 181 cm³/mol. The molecule has 44 heavy (non-hydrogen) atoms. The average molecular weight is 568 g/mol. The Morgan fingerprint density at radius 3 is 2.20 bits per heavy atom. The zero-order valence-electron chi connectivity index (χ0n) is 24.6. The molecule has 1 unspecified atom stereocenters. The lowest BCUT2D eigenvalue weighted by molar-refractivity contribution is 0.317. The second-order valence-corrected chi connectivity index (χ2v) is 12.4. The van der Waals surface area contributed by atoms with E-state index >= 15 is 0 Å². The van der Waals surface area contributed by atoms with E-state index < -0.39 is 0 Å². The third-order valence-electron chi connectivity index (χ3n) is 10.2. The zero-order valence-corrected chi connectivity index (χ0v) is 24.6. The lowest BCUT2D eigenvalue weighted by Crippen LogP contribution is -2.28. The van der Waals surface area contributed by atoms with Crippen LogP contribution in [-0.2, 0) is 11.8 Å². The SMILES string of the molecule is NC(c1ccccc1)c1ccccc1OCCc1ccc2c(c1)C1=C(CCC=C1)C21c2cccc3ccc4cccc1c4c23. The molecule has 6 aromatic carbocycles. The van der Waals surface area contributed by atoms with E-state index in [4.69, 9.17) is 10.5 Å². The maximum atomic E-state index is 6.68. The normalized spacial score (nSPS) is 16.2. The predicted octanol–water partition coefficient (Wildman–Crippen LogP) is 9.43. The Kier molecular flexibility index (Phi) is 5.70. The van der Waals surface area contributed by atoms with Gasteiger partial charge in [-0.05, 0) is 85.0 Å². The van der Waals surface area contributed by atoms with Crippen LogP contribution in [0.3, 0.4) is 0 Å². The van der Waals surface area contributed by atoms with Crippen molar-refractivity contribution in [2.45, 2.75) is 30.7 Å². The van der Waals surface area contributed by atoms with Crippen LogP contribution in [0.4, 0.5) is 0 Å². The van der Waals surface area contributed by atoms with Gasteiger partial charge in [0.2, 0.25) is 0 Å². The van der Waals surface area contributed by atoms with Crippen LogP contribution in [0.2, 0.25) is 0 Å². The molecular weight excluding hydrogens is 534 g/mol. The molecule has 0 aromatic heterocycles. The summed E-state index contributed by atoms with van der Waals surface area (Å²) in [5, 5.41) is 5.53. The van der Waals surface area contributed by atoms with E-state index in [-0.39, 0.29) is 11.5 Å². The van der Waals surface area contributed by atoms with Crippen molar-refractivity contribution in [3.05, 3.63) is 178 Å². The van der Waals surface area contributed by atoms with Gasteiger partial charge in [-0.1, -0.05) is 127 Å². The van der Waals surface area contributed by atoms with Crippen LogP contribution in [0.25, 0.3) is 27.1 Å². The Bertz CT molecular complexity index is 2110. The first kappa shape index (κ1) is 25.6. The van der Waals surface area contributed by atoms with E-state index in [1.54, 1.807) is 5.57 Å². The average Bonchev–Trinajstić information content (AvgIpc) is 3.56. The molecule has 1 spiro atoms. The first-order valence-corrected chi connectivity index (χ1v) is 15.8. The highest BCUT2D eigenvalue weighted by atomic mass is 16.5. The largest absolute Gasteiger partial charge is 0.493 e. The topological polar surface area (TPSA) is 35.2 Å². The van der Waals surface area contributed by atoms with Crippen molar-refractivity contribution >= 4 is 27.1 Å². The van der Waals surface area contributed by atoms with Gasteiger partial charge in [-0.2, -0.15) is 0 Å². The summed E-state index contributed by atoms with van der Waals surface area (Å²) in [5.74, 6) is 0.856. The van der Waals surface area contributed by atoms with Crippen LogP contribution in [0, 0.1) is 0 Å². The van der Waals surface area contributed by atoms with Gasteiger partial charge in [-0.3, -0.25) is 0 Å². The summed E-state index contributed by atoms with van der Waals surface area (Å²) >= 11 is 0. The molecule has 3 aliphatic carbocycles. The highest BCUT2D eigenvalue weighted by Gasteiger charge is 2.51. The van der Waals surface area contributed by atoms with Crippen molar-refractivity contribution in [3.8, 4) is 5.75 Å². The highest BCUT2D eigenvalue weighted by Crippen LogP contribution is 2.63. The van der Waals surface area contributed by atoms with Crippen molar-refractivity contribution in [1.29, 1.82) is 0 Å². The Balaban J connectivity index is 1.09. The molecule has 1 atom stereocenters. The van der Waals surface area contributed by atoms with Gasteiger partial charge in [0.1, 0.15) is 5.75 Å². The van der Waals surface area contributed by atoms with Crippen molar-refractivity contribution in [1.82, 2.24) is 0 Å². The number of fused-ring (bicyclic) bond motifs is 6. The van der Waals surface area contributed by atoms with Crippen molar-refractivity contribution < 1.29 is 4.74 Å². The third kappa shape index (κ3) is 3.52. The number of rotatable bonds is 6. The number of hydrogen-bond acceptors (Lipinski definition) is 2. The molecule has 3 aliphatic rings. The Hall–Kier alpha value is -4.92. The summed E-state index contributed by atoms with van der Waals surface area (Å²) in [5.41, 5.74) is 18.5. The van der Waals surface area contributed by atoms with Crippen LogP contribution in [0.5, 0.6) is 5.75 Å². The fourth-order valence-electron chi connectivity index (χ4n) is 8.29. The van der Waals surface area contributed by atoms with Gasteiger partial charge >= 0.3 is 0 Å². The molecule has 2 heteroatoms. The highest BCUT2D eigenvalue weighted by molar-refractivity contribution is 6.17. The molecular formula is C42H33NO. The number of allylic oxidation sites excluding steroid dienone is 4. The van der Waals surface area contributed by atoms with Gasteiger partial charge in [0.15, 0.2) is 0 Å². The van der Waals surface area contributed by atoms with E-state index in [0.29, 0.717) is 6.61 Å². The quantitative estimate of drug-likeness (QED) is 0.204. The fraction of sp³-hybridized carbons (Fsp3) is 0.143. The Morgan fingerprint density at radius 2 is 1.43 bits per heavy atom. The summed E-state index contributed by atoms with van der Waals surface area (Å²) < 4.78 is 6.42. The molecule has 0 bridgehead atoms. The molecule has 0 aliphatic heterocycles. The maximum absolute atomic E-state index is 6.68. The molecule has 0 fully saturated rings. The number of ether oxygens (including phenoxy) is 1. The summed E-state index contributed by atoms with van der Waals surface area (Å²) in [7, 11) is 0. The van der Waals surface area contributed by atoms with E-state index in [0.717, 1.165) is 36.1 Å². The smallest absolute Gasteiger partial charge is 0.124 e. The van der Waals surface area contributed by atoms with Gasteiger partial charge in [-0.25, -0.2) is 0 Å². The molecule has 0 saturated heterocycles. The van der Waals surface area contributed by atoms with E-state index in [9.17, 15) is 0 Å². The molecule has 2 nitrogen and oxygen atoms in total. The van der Waals surface area contributed by atoms with Crippen molar-refractivity contribution in [2.75, 3.05) is 6.61 Å². The molecule has 0 amide bonds. The minimum Gasteiger partial charge on any atom is -0.493 e. The monoisotopic (exact) mass is 567 g/mol. The van der Waals surface area contributed by atoms with E-state index in [2.05, 4.69) is 97.1 Å². The molecule has 0 radical (unpaired) electrons. The minimum atomic E-state index is -0.225. The Labute approximate surface area is 258 Å². The summed E-state index contributed by atoms with van der Waals surface area (Å²) in [6.45, 7) is 0.592. The summed E-state index contributed by atoms with van der Waals surface area (Å²) in [6, 6.07) is 43.8. The lowest BCUT2D eigenvalue weighted by Gasteiger charge is -2.33. The number of nitrogens with two attached hydrogens (primary N) is 1. The second-order valence-electron chi connectivity index (χ2n) is 12.4. The number of hydrogen-bond donors (Lipinski definition) is 1. The second kappa shape index (κ2) is 9.80. The first-order chi connectivity index (χ1) is 21.7. The van der Waals surface area contributed by atoms with Gasteiger partial charge in [-0.15, -0.1) is 0 Å². The van der Waals surface area contributed by atoms with E-state index in [1.165, 1.54) is 54.9 Å². The summed E-state index contributed by atoms with van der Waals surface area (Å²) in [4.78, 5) is 0. The third-order valence-corrected chi connectivity index (χ3v) is 10.2. The minimum absolute atomic E-state index is 0.223. The van der Waals surface area contributed by atoms with Crippen LogP contribution in [0.15, 0.2) is 139 Å². The van der Waals surface area contributed by atoms with Crippen LogP contribution < -0.4 is 10.5 Å². The zero-order chi connectivity index (χ0) is 29.3. The van der Waals surface area contributed by atoms with Crippen LogP contribution >= 0.6 is 0 Å². The van der Waals surface area contributed by atoms with E-state index in [1.807, 2.05) is 36.4 Å². The summed E-state index contributed by atoms with van der Waals surface area (Å²) in [6.07, 6.45) is 7.73. The number of para-hydroxylation sites is 1. The van der Waals surface area contributed by atoms with Gasteiger partial charge < -0.3 is 10.5 Å². The van der Waals surface area contributed by atoms with Crippen molar-refractivity contribution in [2.24, 2.45) is 5.73 Å². The molecule has 2 N–H and O–H groups in total. The van der Waals surface area contributed by atoms with Crippen LogP contribution in [-0.4, -0.2) is 6.61 Å².